The number of rotatable bonds is 5. The molecule has 0 radical (unpaired) electrons. The minimum atomic E-state index is -3.73. The maximum atomic E-state index is 13.8. The first-order chi connectivity index (χ1) is 16.8. The van der Waals surface area contributed by atoms with E-state index in [1.54, 1.807) is 6.92 Å². The SMILES string of the molecule is Cc1ccccc1Cn1c(C)c(C2CCN(S(=O)(=O)c3cc(F)ccc3C)CC2)c2ccccc21. The molecule has 6 heteroatoms. The third-order valence-electron chi connectivity index (χ3n) is 7.50. The van der Waals surface area contributed by atoms with Crippen LogP contribution < -0.4 is 0 Å². The molecule has 0 unspecified atom stereocenters. The number of hydrogen-bond donors (Lipinski definition) is 0. The van der Waals surface area contributed by atoms with Crippen molar-refractivity contribution >= 4 is 20.9 Å². The molecule has 1 fully saturated rings. The molecule has 1 aliphatic rings. The Morgan fingerprint density at radius 3 is 2.31 bits per heavy atom. The van der Waals surface area contributed by atoms with Crippen LogP contribution in [-0.2, 0) is 16.6 Å². The summed E-state index contributed by atoms with van der Waals surface area (Å²) < 4.78 is 44.3. The lowest BCUT2D eigenvalue weighted by Gasteiger charge is -2.32. The summed E-state index contributed by atoms with van der Waals surface area (Å²) in [5.41, 5.74) is 6.94. The second kappa shape index (κ2) is 9.25. The molecule has 0 atom stereocenters. The van der Waals surface area contributed by atoms with Crippen LogP contribution in [0.3, 0.4) is 0 Å². The van der Waals surface area contributed by atoms with Crippen molar-refractivity contribution in [3.63, 3.8) is 0 Å². The van der Waals surface area contributed by atoms with Crippen molar-refractivity contribution in [2.24, 2.45) is 0 Å². The van der Waals surface area contributed by atoms with Gasteiger partial charge >= 0.3 is 0 Å². The molecule has 1 saturated heterocycles. The van der Waals surface area contributed by atoms with Gasteiger partial charge in [0.2, 0.25) is 10.0 Å². The highest BCUT2D eigenvalue weighted by atomic mass is 32.2. The van der Waals surface area contributed by atoms with Gasteiger partial charge in [-0.25, -0.2) is 12.8 Å². The van der Waals surface area contributed by atoms with Gasteiger partial charge in [-0.3, -0.25) is 0 Å². The highest BCUT2D eigenvalue weighted by Gasteiger charge is 2.33. The normalized spacial score (nSPS) is 15.7. The van der Waals surface area contributed by atoms with Crippen LogP contribution in [0, 0.1) is 26.6 Å². The number of aromatic nitrogens is 1. The fourth-order valence-electron chi connectivity index (χ4n) is 5.51. The van der Waals surface area contributed by atoms with Gasteiger partial charge < -0.3 is 4.57 Å². The first kappa shape index (κ1) is 23.8. The van der Waals surface area contributed by atoms with Crippen molar-refractivity contribution < 1.29 is 12.8 Å². The minimum absolute atomic E-state index is 0.0713. The van der Waals surface area contributed by atoms with Crippen LogP contribution in [0.25, 0.3) is 10.9 Å². The maximum Gasteiger partial charge on any atom is 0.243 e. The molecule has 35 heavy (non-hydrogen) atoms. The monoisotopic (exact) mass is 490 g/mol. The van der Waals surface area contributed by atoms with Gasteiger partial charge in [0.15, 0.2) is 0 Å². The zero-order valence-electron chi connectivity index (χ0n) is 20.5. The van der Waals surface area contributed by atoms with Crippen LogP contribution in [0.4, 0.5) is 4.39 Å². The molecule has 0 amide bonds. The Kier molecular flexibility index (Phi) is 6.28. The predicted octanol–water partition coefficient (Wildman–Crippen LogP) is 6.32. The Hall–Kier alpha value is -2.96. The summed E-state index contributed by atoms with van der Waals surface area (Å²) in [7, 11) is -3.73. The standard InChI is InChI=1S/C29H31FN2O2S/c1-20-8-4-5-9-24(20)19-32-22(3)29(26-10-6-7-11-27(26)32)23-14-16-31(17-15-23)35(33,34)28-18-25(30)13-12-21(28)2/h4-13,18,23H,14-17,19H2,1-3H3. The summed E-state index contributed by atoms with van der Waals surface area (Å²) in [5.74, 6) is -0.251. The molecule has 182 valence electrons. The lowest BCUT2D eigenvalue weighted by molar-refractivity contribution is 0.319. The van der Waals surface area contributed by atoms with Gasteiger partial charge in [0.1, 0.15) is 5.82 Å². The van der Waals surface area contributed by atoms with E-state index >= 15 is 0 Å². The van der Waals surface area contributed by atoms with Crippen LogP contribution in [-0.4, -0.2) is 30.4 Å². The van der Waals surface area contributed by atoms with Crippen molar-refractivity contribution in [2.45, 2.75) is 51.0 Å². The molecule has 1 aliphatic heterocycles. The largest absolute Gasteiger partial charge is 0.340 e. The average molecular weight is 491 g/mol. The van der Waals surface area contributed by atoms with Crippen LogP contribution in [0.1, 0.15) is 46.7 Å². The van der Waals surface area contributed by atoms with Gasteiger partial charge in [-0.15, -0.1) is 0 Å². The van der Waals surface area contributed by atoms with Gasteiger partial charge in [0, 0.05) is 36.2 Å². The smallest absolute Gasteiger partial charge is 0.243 e. The quantitative estimate of drug-likeness (QED) is 0.328. The van der Waals surface area contributed by atoms with E-state index in [9.17, 15) is 12.8 Å². The molecule has 0 spiro atoms. The summed E-state index contributed by atoms with van der Waals surface area (Å²) in [6.45, 7) is 7.72. The number of hydrogen-bond acceptors (Lipinski definition) is 2. The molecular weight excluding hydrogens is 459 g/mol. The summed E-state index contributed by atoms with van der Waals surface area (Å²) in [6, 6.07) is 21.0. The van der Waals surface area contributed by atoms with E-state index in [4.69, 9.17) is 0 Å². The number of sulfonamides is 1. The molecule has 5 rings (SSSR count). The van der Waals surface area contributed by atoms with Crippen molar-refractivity contribution in [3.05, 3.63) is 100 Å². The zero-order valence-corrected chi connectivity index (χ0v) is 21.3. The second-order valence-electron chi connectivity index (χ2n) is 9.62. The molecule has 0 saturated carbocycles. The molecule has 0 N–H and O–H groups in total. The highest BCUT2D eigenvalue weighted by Crippen LogP contribution is 2.39. The molecule has 3 aromatic carbocycles. The van der Waals surface area contributed by atoms with E-state index < -0.39 is 15.8 Å². The van der Waals surface area contributed by atoms with Crippen molar-refractivity contribution in [1.29, 1.82) is 0 Å². The van der Waals surface area contributed by atoms with Crippen molar-refractivity contribution in [1.82, 2.24) is 8.87 Å². The van der Waals surface area contributed by atoms with Gasteiger partial charge in [-0.2, -0.15) is 4.31 Å². The predicted molar refractivity (Wildman–Crippen MR) is 139 cm³/mol. The maximum absolute atomic E-state index is 13.8. The average Bonchev–Trinajstić information content (AvgIpc) is 3.13. The van der Waals surface area contributed by atoms with E-state index in [1.807, 2.05) is 0 Å². The van der Waals surface area contributed by atoms with E-state index in [1.165, 1.54) is 49.7 Å². The number of nitrogens with zero attached hydrogens (tertiary/aromatic N) is 2. The fourth-order valence-corrected chi connectivity index (χ4v) is 7.22. The third-order valence-corrected chi connectivity index (χ3v) is 9.54. The highest BCUT2D eigenvalue weighted by molar-refractivity contribution is 7.89. The van der Waals surface area contributed by atoms with Gasteiger partial charge in [-0.05, 0) is 80.0 Å². The van der Waals surface area contributed by atoms with Crippen molar-refractivity contribution in [3.8, 4) is 0 Å². The Morgan fingerprint density at radius 1 is 0.886 bits per heavy atom. The van der Waals surface area contributed by atoms with Gasteiger partial charge in [-0.1, -0.05) is 48.5 Å². The van der Waals surface area contributed by atoms with E-state index in [-0.39, 0.29) is 10.8 Å². The molecular formula is C29H31FN2O2S. The summed E-state index contributed by atoms with van der Waals surface area (Å²) in [4.78, 5) is 0.0713. The fraction of sp³-hybridized carbons (Fsp3) is 0.310. The second-order valence-corrected chi connectivity index (χ2v) is 11.5. The summed E-state index contributed by atoms with van der Waals surface area (Å²) in [5, 5.41) is 1.25. The van der Waals surface area contributed by atoms with Crippen LogP contribution in [0.15, 0.2) is 71.6 Å². The van der Waals surface area contributed by atoms with Gasteiger partial charge in [0.25, 0.3) is 0 Å². The van der Waals surface area contributed by atoms with Crippen LogP contribution >= 0.6 is 0 Å². The topological polar surface area (TPSA) is 42.3 Å². The summed E-state index contributed by atoms with van der Waals surface area (Å²) >= 11 is 0. The number of para-hydroxylation sites is 1. The first-order valence-electron chi connectivity index (χ1n) is 12.2. The molecule has 4 nitrogen and oxygen atoms in total. The number of benzene rings is 3. The van der Waals surface area contributed by atoms with E-state index in [0.29, 0.717) is 18.7 Å². The minimum Gasteiger partial charge on any atom is -0.340 e. The molecule has 0 aliphatic carbocycles. The van der Waals surface area contributed by atoms with Crippen molar-refractivity contribution in [2.75, 3.05) is 13.1 Å². The molecule has 0 bridgehead atoms. The Morgan fingerprint density at radius 2 is 1.57 bits per heavy atom. The molecule has 1 aromatic heterocycles. The molecule has 2 heterocycles. The number of halogens is 1. The Labute approximate surface area is 207 Å². The summed E-state index contributed by atoms with van der Waals surface area (Å²) in [6.07, 6.45) is 1.49. The first-order valence-corrected chi connectivity index (χ1v) is 13.6. The number of fused-ring (bicyclic) bond motifs is 1. The Bertz CT molecular complexity index is 1500. The van der Waals surface area contributed by atoms with Crippen LogP contribution in [0.5, 0.6) is 0 Å². The van der Waals surface area contributed by atoms with E-state index in [2.05, 4.69) is 66.9 Å². The lowest BCUT2D eigenvalue weighted by atomic mass is 9.88. The van der Waals surface area contributed by atoms with Crippen LogP contribution in [0.2, 0.25) is 0 Å². The van der Waals surface area contributed by atoms with E-state index in [0.717, 1.165) is 25.5 Å². The zero-order chi connectivity index (χ0) is 24.7. The number of aryl methyl sites for hydroxylation is 2. The lowest BCUT2D eigenvalue weighted by Crippen LogP contribution is -2.38. The Balaban J connectivity index is 1.44. The molecule has 4 aromatic rings. The van der Waals surface area contributed by atoms with Gasteiger partial charge in [0.05, 0.1) is 4.90 Å². The number of piperidine rings is 1. The third kappa shape index (κ3) is 4.30.